The second-order valence-corrected chi connectivity index (χ2v) is 5.97. The van der Waals surface area contributed by atoms with Crippen LogP contribution in [0.3, 0.4) is 0 Å². The number of para-hydroxylation sites is 1. The number of nitrogens with one attached hydrogen (secondary N) is 1. The number of aromatic nitrogens is 6. The van der Waals surface area contributed by atoms with Crippen molar-refractivity contribution < 1.29 is 4.79 Å². The number of carbonyl (C=O) groups is 1. The minimum Gasteiger partial charge on any atom is -0.300 e. The molecule has 0 unspecified atom stereocenters. The van der Waals surface area contributed by atoms with Crippen LogP contribution in [0.25, 0.3) is 16.9 Å². The lowest BCUT2D eigenvalue weighted by molar-refractivity contribution is -0.116. The van der Waals surface area contributed by atoms with E-state index in [0.29, 0.717) is 10.8 Å². The fraction of sp³-hybridized carbons (Fsp3) is 0.0667. The van der Waals surface area contributed by atoms with Crippen LogP contribution in [0.15, 0.2) is 53.0 Å². The standard InChI is InChI=1S/C15H11N7O2S/c23-11(18-15-16-6-7-25-15)8-21-9-17-13-12(14(21)24)19-20-22(13)10-4-2-1-3-5-10/h1-7,9H,8H2,(H,16,18,23). The van der Waals surface area contributed by atoms with E-state index < -0.39 is 5.56 Å². The Hall–Kier alpha value is -3.40. The Morgan fingerprint density at radius 2 is 2.04 bits per heavy atom. The van der Waals surface area contributed by atoms with Gasteiger partial charge in [-0.25, -0.2) is 9.97 Å². The Morgan fingerprint density at radius 3 is 2.80 bits per heavy atom. The van der Waals surface area contributed by atoms with Crippen LogP contribution in [-0.4, -0.2) is 35.4 Å². The fourth-order valence-electron chi connectivity index (χ4n) is 2.30. The molecule has 0 aliphatic carbocycles. The van der Waals surface area contributed by atoms with E-state index in [2.05, 4.69) is 25.6 Å². The first kappa shape index (κ1) is 15.1. The smallest absolute Gasteiger partial charge is 0.284 e. The van der Waals surface area contributed by atoms with Crippen molar-refractivity contribution in [1.29, 1.82) is 0 Å². The molecule has 0 aliphatic rings. The molecule has 0 spiro atoms. The lowest BCUT2D eigenvalue weighted by Crippen LogP contribution is -2.28. The highest BCUT2D eigenvalue weighted by molar-refractivity contribution is 7.13. The van der Waals surface area contributed by atoms with E-state index in [-0.39, 0.29) is 18.0 Å². The summed E-state index contributed by atoms with van der Waals surface area (Å²) in [7, 11) is 0. The van der Waals surface area contributed by atoms with Crippen molar-refractivity contribution in [2.75, 3.05) is 5.32 Å². The first-order chi connectivity index (χ1) is 12.2. The summed E-state index contributed by atoms with van der Waals surface area (Å²) in [6.07, 6.45) is 2.90. The van der Waals surface area contributed by atoms with Crippen molar-refractivity contribution in [1.82, 2.24) is 29.5 Å². The molecule has 0 aliphatic heterocycles. The maximum absolute atomic E-state index is 12.5. The summed E-state index contributed by atoms with van der Waals surface area (Å²) >= 11 is 1.30. The number of amides is 1. The van der Waals surface area contributed by atoms with Crippen LogP contribution in [0.4, 0.5) is 5.13 Å². The molecule has 1 amide bonds. The Bertz CT molecular complexity index is 1090. The van der Waals surface area contributed by atoms with E-state index in [1.807, 2.05) is 30.3 Å². The summed E-state index contributed by atoms with van der Waals surface area (Å²) in [5.74, 6) is -0.367. The van der Waals surface area contributed by atoms with E-state index in [1.54, 1.807) is 11.6 Å². The lowest BCUT2D eigenvalue weighted by Gasteiger charge is -2.05. The average molecular weight is 353 g/mol. The average Bonchev–Trinajstić information content (AvgIpc) is 3.28. The van der Waals surface area contributed by atoms with Gasteiger partial charge in [0.25, 0.3) is 5.56 Å². The van der Waals surface area contributed by atoms with Gasteiger partial charge in [0.1, 0.15) is 12.9 Å². The fourth-order valence-corrected chi connectivity index (χ4v) is 2.84. The maximum Gasteiger partial charge on any atom is 0.284 e. The van der Waals surface area contributed by atoms with Gasteiger partial charge in [0, 0.05) is 11.6 Å². The molecule has 9 nitrogen and oxygen atoms in total. The van der Waals surface area contributed by atoms with Gasteiger partial charge in [0.05, 0.1) is 5.69 Å². The molecule has 0 bridgehead atoms. The molecule has 0 fully saturated rings. The molecular weight excluding hydrogens is 342 g/mol. The Morgan fingerprint density at radius 1 is 1.20 bits per heavy atom. The first-order valence-corrected chi connectivity index (χ1v) is 8.16. The quantitative estimate of drug-likeness (QED) is 0.588. The van der Waals surface area contributed by atoms with Crippen LogP contribution in [0.5, 0.6) is 0 Å². The molecule has 124 valence electrons. The first-order valence-electron chi connectivity index (χ1n) is 7.28. The van der Waals surface area contributed by atoms with Crippen molar-refractivity contribution in [2.24, 2.45) is 0 Å². The molecule has 3 aromatic heterocycles. The van der Waals surface area contributed by atoms with Gasteiger partial charge < -0.3 is 5.32 Å². The number of carbonyl (C=O) groups excluding carboxylic acids is 1. The van der Waals surface area contributed by atoms with E-state index in [4.69, 9.17) is 0 Å². The largest absolute Gasteiger partial charge is 0.300 e. The number of hydrogen-bond acceptors (Lipinski definition) is 7. The predicted molar refractivity (Wildman–Crippen MR) is 91.7 cm³/mol. The molecule has 10 heteroatoms. The van der Waals surface area contributed by atoms with Crippen LogP contribution >= 0.6 is 11.3 Å². The van der Waals surface area contributed by atoms with Crippen molar-refractivity contribution in [3.8, 4) is 5.69 Å². The topological polar surface area (TPSA) is 108 Å². The second kappa shape index (κ2) is 6.24. The molecule has 0 atom stereocenters. The number of anilines is 1. The molecule has 4 aromatic rings. The highest BCUT2D eigenvalue weighted by Gasteiger charge is 2.15. The van der Waals surface area contributed by atoms with E-state index in [9.17, 15) is 9.59 Å². The molecule has 1 N–H and O–H groups in total. The van der Waals surface area contributed by atoms with E-state index >= 15 is 0 Å². The van der Waals surface area contributed by atoms with Gasteiger partial charge >= 0.3 is 0 Å². The number of benzene rings is 1. The monoisotopic (exact) mass is 353 g/mol. The number of hydrogen-bond donors (Lipinski definition) is 1. The molecule has 1 aromatic carbocycles. The number of fused-ring (bicyclic) bond motifs is 1. The van der Waals surface area contributed by atoms with Crippen molar-refractivity contribution >= 4 is 33.5 Å². The second-order valence-electron chi connectivity index (χ2n) is 5.07. The molecule has 4 rings (SSSR count). The van der Waals surface area contributed by atoms with Gasteiger partial charge in [0.2, 0.25) is 5.91 Å². The molecule has 3 heterocycles. The Labute approximate surface area is 144 Å². The van der Waals surface area contributed by atoms with Crippen LogP contribution in [0, 0.1) is 0 Å². The van der Waals surface area contributed by atoms with E-state index in [0.717, 1.165) is 5.69 Å². The molecular formula is C15H11N7O2S. The van der Waals surface area contributed by atoms with Gasteiger partial charge in [-0.1, -0.05) is 23.4 Å². The van der Waals surface area contributed by atoms with Crippen LogP contribution in [0.1, 0.15) is 0 Å². The van der Waals surface area contributed by atoms with Crippen molar-refractivity contribution in [3.63, 3.8) is 0 Å². The van der Waals surface area contributed by atoms with Gasteiger partial charge in [0.15, 0.2) is 16.3 Å². The third kappa shape index (κ3) is 2.90. The third-order valence-electron chi connectivity index (χ3n) is 3.42. The SMILES string of the molecule is O=C(Cn1cnc2c(nnn2-c2ccccc2)c1=O)Nc1nccs1. The minimum absolute atomic E-state index is 0.105. The summed E-state index contributed by atoms with van der Waals surface area (Å²) in [6.45, 7) is -0.181. The number of thiazole rings is 1. The molecule has 0 radical (unpaired) electrons. The summed E-state index contributed by atoms with van der Waals surface area (Å²) in [5, 5.41) is 12.7. The van der Waals surface area contributed by atoms with Crippen LogP contribution in [0.2, 0.25) is 0 Å². The van der Waals surface area contributed by atoms with Gasteiger partial charge in [-0.05, 0) is 12.1 Å². The van der Waals surface area contributed by atoms with Crippen molar-refractivity contribution in [3.05, 3.63) is 58.6 Å². The Kier molecular flexibility index (Phi) is 3.78. The molecule has 0 saturated carbocycles. The zero-order valence-electron chi connectivity index (χ0n) is 12.7. The highest BCUT2D eigenvalue weighted by atomic mass is 32.1. The Balaban J connectivity index is 1.65. The van der Waals surface area contributed by atoms with Crippen LogP contribution < -0.4 is 10.9 Å². The van der Waals surface area contributed by atoms with E-state index in [1.165, 1.54) is 26.9 Å². The van der Waals surface area contributed by atoms with Crippen molar-refractivity contribution in [2.45, 2.75) is 6.54 Å². The van der Waals surface area contributed by atoms with Gasteiger partial charge in [-0.2, -0.15) is 4.68 Å². The predicted octanol–water partition coefficient (Wildman–Crippen LogP) is 1.07. The lowest BCUT2D eigenvalue weighted by atomic mass is 10.3. The normalized spacial score (nSPS) is 10.9. The summed E-state index contributed by atoms with van der Waals surface area (Å²) in [6, 6.07) is 9.26. The maximum atomic E-state index is 12.5. The summed E-state index contributed by atoms with van der Waals surface area (Å²) in [4.78, 5) is 32.7. The third-order valence-corrected chi connectivity index (χ3v) is 4.11. The van der Waals surface area contributed by atoms with Crippen LogP contribution in [-0.2, 0) is 11.3 Å². The molecule has 25 heavy (non-hydrogen) atoms. The number of rotatable bonds is 4. The van der Waals surface area contributed by atoms with Gasteiger partial charge in [-0.15, -0.1) is 16.4 Å². The number of nitrogens with zero attached hydrogens (tertiary/aromatic N) is 6. The summed E-state index contributed by atoms with van der Waals surface area (Å²) < 4.78 is 2.67. The van der Waals surface area contributed by atoms with Gasteiger partial charge in [-0.3, -0.25) is 14.2 Å². The highest BCUT2D eigenvalue weighted by Crippen LogP contribution is 2.12. The minimum atomic E-state index is -0.429. The summed E-state index contributed by atoms with van der Waals surface area (Å²) in [5.41, 5.74) is 0.763. The molecule has 0 saturated heterocycles. The zero-order chi connectivity index (χ0) is 17.2. The zero-order valence-corrected chi connectivity index (χ0v) is 13.6.